The molecule has 3 aromatic rings. The van der Waals surface area contributed by atoms with Crippen LogP contribution < -0.4 is 11.1 Å². The Hall–Kier alpha value is -2.73. The van der Waals surface area contributed by atoms with Crippen LogP contribution in [0.5, 0.6) is 0 Å². The number of aromatic nitrogens is 1. The second-order valence-corrected chi connectivity index (χ2v) is 6.55. The summed E-state index contributed by atoms with van der Waals surface area (Å²) in [7, 11) is 0. The SMILES string of the molecule is NC(=O)[C@@H](Cc1ccc2ccccc2n1)NC(=O)c1cccc(Br)c1. The molecule has 25 heavy (non-hydrogen) atoms. The number of nitrogens with one attached hydrogen (secondary N) is 1. The molecule has 0 saturated carbocycles. The Morgan fingerprint density at radius 1 is 1.08 bits per heavy atom. The number of amides is 2. The number of fused-ring (bicyclic) bond motifs is 1. The van der Waals surface area contributed by atoms with Gasteiger partial charge in [0.25, 0.3) is 5.91 Å². The Balaban J connectivity index is 1.78. The number of hydrogen-bond acceptors (Lipinski definition) is 3. The second-order valence-electron chi connectivity index (χ2n) is 5.64. The molecule has 0 spiro atoms. The number of nitrogens with zero attached hydrogens (tertiary/aromatic N) is 1. The fraction of sp³-hybridized carbons (Fsp3) is 0.105. The molecular weight excluding hydrogens is 382 g/mol. The minimum Gasteiger partial charge on any atom is -0.368 e. The molecule has 1 heterocycles. The largest absolute Gasteiger partial charge is 0.368 e. The topological polar surface area (TPSA) is 85.1 Å². The molecule has 2 aromatic carbocycles. The molecule has 3 N–H and O–H groups in total. The van der Waals surface area contributed by atoms with Crippen LogP contribution in [0.3, 0.4) is 0 Å². The molecule has 3 rings (SSSR count). The number of primary amides is 1. The van der Waals surface area contributed by atoms with E-state index in [1.165, 1.54) is 0 Å². The van der Waals surface area contributed by atoms with Gasteiger partial charge in [0, 0.05) is 27.5 Å². The van der Waals surface area contributed by atoms with Crippen molar-refractivity contribution < 1.29 is 9.59 Å². The van der Waals surface area contributed by atoms with Gasteiger partial charge in [-0.2, -0.15) is 0 Å². The van der Waals surface area contributed by atoms with Crippen LogP contribution in [0, 0.1) is 0 Å². The van der Waals surface area contributed by atoms with Crippen LogP contribution in [-0.4, -0.2) is 22.8 Å². The average Bonchev–Trinajstić information content (AvgIpc) is 2.61. The Labute approximate surface area is 153 Å². The molecule has 0 aliphatic rings. The van der Waals surface area contributed by atoms with Crippen LogP contribution in [0.15, 0.2) is 65.1 Å². The molecule has 0 bridgehead atoms. The van der Waals surface area contributed by atoms with Gasteiger partial charge in [0.15, 0.2) is 0 Å². The van der Waals surface area contributed by atoms with Crippen molar-refractivity contribution in [2.75, 3.05) is 0 Å². The third-order valence-corrected chi connectivity index (χ3v) is 4.30. The zero-order valence-corrected chi connectivity index (χ0v) is 14.9. The summed E-state index contributed by atoms with van der Waals surface area (Å²) in [6.07, 6.45) is 0.236. The van der Waals surface area contributed by atoms with Gasteiger partial charge in [0.2, 0.25) is 5.91 Å². The summed E-state index contributed by atoms with van der Waals surface area (Å²) in [6.45, 7) is 0. The highest BCUT2D eigenvalue weighted by Gasteiger charge is 2.20. The van der Waals surface area contributed by atoms with Gasteiger partial charge in [-0.15, -0.1) is 0 Å². The number of pyridine rings is 1. The van der Waals surface area contributed by atoms with Crippen LogP contribution in [0.25, 0.3) is 10.9 Å². The predicted molar refractivity (Wildman–Crippen MR) is 100 cm³/mol. The van der Waals surface area contributed by atoms with Crippen molar-refractivity contribution in [1.82, 2.24) is 10.3 Å². The number of carbonyl (C=O) groups is 2. The summed E-state index contributed by atoms with van der Waals surface area (Å²) in [4.78, 5) is 28.7. The first-order valence-electron chi connectivity index (χ1n) is 7.73. The molecule has 0 fully saturated rings. The van der Waals surface area contributed by atoms with Gasteiger partial charge < -0.3 is 11.1 Å². The van der Waals surface area contributed by atoms with Gasteiger partial charge in [0.05, 0.1) is 5.52 Å². The van der Waals surface area contributed by atoms with Crippen LogP contribution >= 0.6 is 15.9 Å². The van der Waals surface area contributed by atoms with Gasteiger partial charge in [-0.25, -0.2) is 0 Å². The van der Waals surface area contributed by atoms with Gasteiger partial charge >= 0.3 is 0 Å². The Kier molecular flexibility index (Phi) is 5.09. The number of rotatable bonds is 5. The highest BCUT2D eigenvalue weighted by atomic mass is 79.9. The summed E-state index contributed by atoms with van der Waals surface area (Å²) >= 11 is 3.32. The second kappa shape index (κ2) is 7.44. The van der Waals surface area contributed by atoms with Crippen LogP contribution in [0.2, 0.25) is 0 Å². The lowest BCUT2D eigenvalue weighted by Gasteiger charge is -2.15. The van der Waals surface area contributed by atoms with Crippen LogP contribution in [0.1, 0.15) is 16.1 Å². The first-order chi connectivity index (χ1) is 12.0. The summed E-state index contributed by atoms with van der Waals surface area (Å²) in [5.41, 5.74) is 7.44. The zero-order valence-electron chi connectivity index (χ0n) is 13.3. The van der Waals surface area contributed by atoms with Crippen LogP contribution in [0.4, 0.5) is 0 Å². The number of benzene rings is 2. The van der Waals surface area contributed by atoms with Crippen molar-refractivity contribution in [2.45, 2.75) is 12.5 Å². The van der Waals surface area contributed by atoms with Gasteiger partial charge in [-0.1, -0.05) is 46.3 Å². The molecule has 0 saturated heterocycles. The van der Waals surface area contributed by atoms with Crippen molar-refractivity contribution in [3.63, 3.8) is 0 Å². The van der Waals surface area contributed by atoms with Gasteiger partial charge in [-0.3, -0.25) is 14.6 Å². The number of hydrogen-bond donors (Lipinski definition) is 2. The first kappa shape index (κ1) is 17.1. The van der Waals surface area contributed by atoms with Gasteiger partial charge in [0.1, 0.15) is 6.04 Å². The Morgan fingerprint density at radius 2 is 1.88 bits per heavy atom. The van der Waals surface area contributed by atoms with E-state index in [9.17, 15) is 9.59 Å². The molecule has 6 heteroatoms. The lowest BCUT2D eigenvalue weighted by molar-refractivity contribution is -0.119. The fourth-order valence-electron chi connectivity index (χ4n) is 2.53. The minimum atomic E-state index is -0.833. The van der Waals surface area contributed by atoms with Crippen molar-refractivity contribution in [1.29, 1.82) is 0 Å². The Bertz CT molecular complexity index is 943. The quantitative estimate of drug-likeness (QED) is 0.693. The molecule has 0 radical (unpaired) electrons. The third-order valence-electron chi connectivity index (χ3n) is 3.80. The molecule has 5 nitrogen and oxygen atoms in total. The maximum absolute atomic E-state index is 12.4. The van der Waals surface area contributed by atoms with Crippen molar-refractivity contribution in [2.24, 2.45) is 5.73 Å². The molecule has 0 unspecified atom stereocenters. The van der Waals surface area contributed by atoms with Crippen LogP contribution in [-0.2, 0) is 11.2 Å². The van der Waals surface area contributed by atoms with E-state index in [2.05, 4.69) is 26.2 Å². The minimum absolute atomic E-state index is 0.236. The number of halogens is 1. The molecule has 0 aliphatic heterocycles. The monoisotopic (exact) mass is 397 g/mol. The predicted octanol–water partition coefficient (Wildman–Crippen LogP) is 2.82. The van der Waals surface area contributed by atoms with Crippen molar-refractivity contribution in [3.05, 3.63) is 76.4 Å². The molecule has 1 atom stereocenters. The summed E-state index contributed by atoms with van der Waals surface area (Å²) < 4.78 is 0.784. The van der Waals surface area contributed by atoms with Crippen molar-refractivity contribution in [3.8, 4) is 0 Å². The van der Waals surface area contributed by atoms with E-state index in [0.29, 0.717) is 11.3 Å². The maximum atomic E-state index is 12.4. The summed E-state index contributed by atoms with van der Waals surface area (Å²) in [5, 5.41) is 3.70. The lowest BCUT2D eigenvalue weighted by Crippen LogP contribution is -2.46. The standard InChI is InChI=1S/C19H16BrN3O2/c20-14-6-3-5-13(10-14)19(25)23-17(18(21)24)11-15-9-8-12-4-1-2-7-16(12)22-15/h1-10,17H,11H2,(H2,21,24)(H,23,25)/t17-/m1/s1. The highest BCUT2D eigenvalue weighted by Crippen LogP contribution is 2.14. The normalized spacial score (nSPS) is 11.9. The molecule has 126 valence electrons. The molecule has 0 aliphatic carbocycles. The highest BCUT2D eigenvalue weighted by molar-refractivity contribution is 9.10. The molecular formula is C19H16BrN3O2. The summed E-state index contributed by atoms with van der Waals surface area (Å²) in [5.74, 6) is -0.954. The van der Waals surface area contributed by atoms with Gasteiger partial charge in [-0.05, 0) is 30.3 Å². The summed E-state index contributed by atoms with van der Waals surface area (Å²) in [6, 6.07) is 17.6. The van der Waals surface area contributed by atoms with E-state index in [0.717, 1.165) is 15.4 Å². The van der Waals surface area contributed by atoms with E-state index < -0.39 is 11.9 Å². The first-order valence-corrected chi connectivity index (χ1v) is 8.52. The third kappa shape index (κ3) is 4.22. The number of para-hydroxylation sites is 1. The van der Waals surface area contributed by atoms with E-state index >= 15 is 0 Å². The molecule has 1 aromatic heterocycles. The zero-order chi connectivity index (χ0) is 17.8. The Morgan fingerprint density at radius 3 is 2.64 bits per heavy atom. The lowest BCUT2D eigenvalue weighted by atomic mass is 10.1. The van der Waals surface area contributed by atoms with E-state index in [1.807, 2.05) is 42.5 Å². The average molecular weight is 398 g/mol. The fourth-order valence-corrected chi connectivity index (χ4v) is 2.92. The smallest absolute Gasteiger partial charge is 0.251 e. The number of carbonyl (C=O) groups excluding carboxylic acids is 2. The van der Waals surface area contributed by atoms with E-state index in [1.54, 1.807) is 18.2 Å². The maximum Gasteiger partial charge on any atom is 0.251 e. The molecule has 2 amide bonds. The van der Waals surface area contributed by atoms with Crippen molar-refractivity contribution >= 4 is 38.6 Å². The van der Waals surface area contributed by atoms with E-state index in [-0.39, 0.29) is 12.3 Å². The number of nitrogens with two attached hydrogens (primary N) is 1. The van der Waals surface area contributed by atoms with E-state index in [4.69, 9.17) is 5.73 Å².